The molecular formula is C50H66N10O12S3. The zero-order valence-electron chi connectivity index (χ0n) is 41.6. The standard InChI is InChI=1S/C50H66N10O12S3/c1-27(61)41-49(70)57-40(48(69)59-42(28(2)62)50(71)72)26-75-74-25-39(56-46(67)38(60-73-3)22-29-11-5-4-6-12-29)47(68)54-36(21-30-16-18-32(63)19-17-30)44(65)55-37(23-31-24-52-34-14-8-7-13-33(31)34)45(66)53-35(43(64)58-41)15-9-10-20-51/h4-8,11-14,16-19,24,27-28,35-42,52,60-63H,9-10,15,20-23,25-26,51H2,1-3H3,(H,53,66)(H,54,68)(H,55,65)(H,56,67)(H,57,70)(H,58,64)(H,59,69)(H,71,72). The van der Waals surface area contributed by atoms with Crippen molar-refractivity contribution in [3.63, 3.8) is 0 Å². The van der Waals surface area contributed by atoms with Crippen LogP contribution >= 0.6 is 33.5 Å². The molecule has 0 radical (unpaired) electrons. The highest BCUT2D eigenvalue weighted by molar-refractivity contribution is 8.76. The van der Waals surface area contributed by atoms with Gasteiger partial charge in [-0.15, -0.1) is 0 Å². The van der Waals surface area contributed by atoms with E-state index in [-0.39, 0.29) is 49.5 Å². The van der Waals surface area contributed by atoms with Crippen molar-refractivity contribution in [3.8, 4) is 5.75 Å². The zero-order valence-corrected chi connectivity index (χ0v) is 44.0. The predicted molar refractivity (Wildman–Crippen MR) is 287 cm³/mol. The van der Waals surface area contributed by atoms with E-state index in [0.717, 1.165) is 45.0 Å². The Morgan fingerprint density at radius 2 is 1.37 bits per heavy atom. The van der Waals surface area contributed by atoms with Crippen molar-refractivity contribution in [2.75, 3.05) is 24.3 Å². The average molecular weight is 1100 g/mol. The first kappa shape index (κ1) is 59.5. The SMILES string of the molecule is CSNC(Cc1ccccc1)C(=O)NC1CSSCC(C(=O)NC(C(=O)O)C(C)O)NC(=O)C(C(C)O)NC(=O)C(CCCCN)NC(=O)C(Cc2c[nH]c3ccccc23)NC(=O)C(Cc2ccc(O)cc2)NC1=O. The summed E-state index contributed by atoms with van der Waals surface area (Å²) in [6.07, 6.45) is 0.862. The molecular weight excluding hydrogens is 1030 g/mol. The molecule has 1 aliphatic rings. The molecule has 25 heteroatoms. The van der Waals surface area contributed by atoms with Crippen LogP contribution in [0.3, 0.4) is 0 Å². The molecule has 0 spiro atoms. The maximum Gasteiger partial charge on any atom is 0.328 e. The van der Waals surface area contributed by atoms with Gasteiger partial charge in [0.25, 0.3) is 0 Å². The number of aliphatic hydroxyl groups is 2. The number of aromatic amines is 1. The van der Waals surface area contributed by atoms with Crippen molar-refractivity contribution in [1.82, 2.24) is 46.9 Å². The molecule has 0 saturated carbocycles. The number of rotatable bonds is 19. The number of carbonyl (C=O) groups excluding carboxylic acids is 7. The molecule has 406 valence electrons. The van der Waals surface area contributed by atoms with E-state index in [1.54, 1.807) is 30.7 Å². The topological polar surface area (TPSA) is 356 Å². The molecule has 0 bridgehead atoms. The Morgan fingerprint density at radius 3 is 2.03 bits per heavy atom. The van der Waals surface area contributed by atoms with Gasteiger partial charge >= 0.3 is 5.97 Å². The molecule has 10 unspecified atom stereocenters. The van der Waals surface area contributed by atoms with E-state index in [1.165, 1.54) is 31.0 Å². The molecule has 1 saturated heterocycles. The highest BCUT2D eigenvalue weighted by Gasteiger charge is 2.37. The number of aromatic nitrogens is 1. The summed E-state index contributed by atoms with van der Waals surface area (Å²) >= 11 is 1.18. The first-order valence-electron chi connectivity index (χ1n) is 24.2. The van der Waals surface area contributed by atoms with Gasteiger partial charge in [0.15, 0.2) is 6.04 Å². The zero-order chi connectivity index (χ0) is 54.6. The molecule has 1 fully saturated rings. The molecule has 1 aromatic heterocycles. The fourth-order valence-corrected chi connectivity index (χ4v) is 10.8. The summed E-state index contributed by atoms with van der Waals surface area (Å²) in [6, 6.07) is 10.6. The molecule has 3 aromatic carbocycles. The minimum atomic E-state index is -1.81. The number of aliphatic hydroxyl groups excluding tert-OH is 2. The van der Waals surface area contributed by atoms with Crippen molar-refractivity contribution in [2.24, 2.45) is 5.73 Å². The van der Waals surface area contributed by atoms with Crippen LogP contribution in [0.15, 0.2) is 85.1 Å². The molecule has 0 aliphatic carbocycles. The smallest absolute Gasteiger partial charge is 0.328 e. The molecule has 22 nitrogen and oxygen atoms in total. The van der Waals surface area contributed by atoms with Gasteiger partial charge in [0.05, 0.1) is 18.2 Å². The van der Waals surface area contributed by atoms with Crippen molar-refractivity contribution < 1.29 is 58.8 Å². The number of carbonyl (C=O) groups is 8. The number of carboxylic acid groups (broad SMARTS) is 1. The quantitative estimate of drug-likeness (QED) is 0.0331. The lowest BCUT2D eigenvalue weighted by molar-refractivity contribution is -0.145. The summed E-state index contributed by atoms with van der Waals surface area (Å²) in [5.41, 5.74) is 8.44. The number of hydrogen-bond donors (Lipinski definition) is 14. The Bertz CT molecular complexity index is 2570. The second-order valence-electron chi connectivity index (χ2n) is 17.9. The summed E-state index contributed by atoms with van der Waals surface area (Å²) in [6.45, 7) is 2.58. The van der Waals surface area contributed by atoms with E-state index < -0.39 is 108 Å². The number of aliphatic carboxylic acids is 1. The summed E-state index contributed by atoms with van der Waals surface area (Å²) in [7, 11) is 1.91. The van der Waals surface area contributed by atoms with E-state index >= 15 is 0 Å². The number of para-hydroxylation sites is 1. The predicted octanol–water partition coefficient (Wildman–Crippen LogP) is -0.0986. The molecule has 75 heavy (non-hydrogen) atoms. The van der Waals surface area contributed by atoms with Crippen LogP contribution in [0, 0.1) is 0 Å². The van der Waals surface area contributed by atoms with Gasteiger partial charge in [0.2, 0.25) is 41.4 Å². The van der Waals surface area contributed by atoms with Gasteiger partial charge in [0.1, 0.15) is 42.0 Å². The number of phenolic OH excluding ortho intramolecular Hbond substituents is 1. The first-order chi connectivity index (χ1) is 35.9. The number of nitrogens with two attached hydrogens (primary N) is 1. The lowest BCUT2D eigenvalue weighted by Crippen LogP contribution is -2.62. The Balaban J connectivity index is 1.60. The third-order valence-electron chi connectivity index (χ3n) is 12.1. The van der Waals surface area contributed by atoms with Crippen molar-refractivity contribution >= 4 is 91.8 Å². The van der Waals surface area contributed by atoms with Crippen LogP contribution in [0.2, 0.25) is 0 Å². The number of hydrogen-bond acceptors (Lipinski definition) is 16. The maximum absolute atomic E-state index is 14.8. The summed E-state index contributed by atoms with van der Waals surface area (Å²) < 4.78 is 3.07. The lowest BCUT2D eigenvalue weighted by atomic mass is 10.0. The van der Waals surface area contributed by atoms with Crippen LogP contribution in [0.1, 0.15) is 49.8 Å². The third kappa shape index (κ3) is 18.2. The van der Waals surface area contributed by atoms with Crippen molar-refractivity contribution in [3.05, 3.63) is 102 Å². The minimum Gasteiger partial charge on any atom is -0.508 e. The fourth-order valence-electron chi connectivity index (χ4n) is 8.00. The van der Waals surface area contributed by atoms with E-state index in [1.807, 2.05) is 48.5 Å². The van der Waals surface area contributed by atoms with E-state index in [4.69, 9.17) is 5.73 Å². The number of benzene rings is 3. The Hall–Kier alpha value is -6.35. The first-order valence-corrected chi connectivity index (χ1v) is 27.9. The Morgan fingerprint density at radius 1 is 0.747 bits per heavy atom. The van der Waals surface area contributed by atoms with Crippen LogP contribution < -0.4 is 47.7 Å². The van der Waals surface area contributed by atoms with Crippen molar-refractivity contribution in [1.29, 1.82) is 0 Å². The number of carboxylic acids is 1. The van der Waals surface area contributed by atoms with Gasteiger partial charge in [0, 0.05) is 41.4 Å². The second kappa shape index (κ2) is 29.7. The van der Waals surface area contributed by atoms with E-state index in [2.05, 4.69) is 46.9 Å². The summed E-state index contributed by atoms with van der Waals surface area (Å²) in [4.78, 5) is 116. The monoisotopic (exact) mass is 1090 g/mol. The Kier molecular flexibility index (Phi) is 23.5. The molecule has 10 atom stereocenters. The van der Waals surface area contributed by atoms with E-state index in [9.17, 15) is 58.8 Å². The number of nitrogens with one attached hydrogen (secondary N) is 9. The van der Waals surface area contributed by atoms with Crippen molar-refractivity contribution in [2.45, 2.75) is 113 Å². The van der Waals surface area contributed by atoms with Gasteiger partial charge in [-0.2, -0.15) is 0 Å². The average Bonchev–Trinajstić information content (AvgIpc) is 3.79. The normalized spacial score (nSPS) is 22.2. The second-order valence-corrected chi connectivity index (χ2v) is 21.1. The number of fused-ring (bicyclic) bond motifs is 1. The van der Waals surface area contributed by atoms with E-state index in [0.29, 0.717) is 24.0 Å². The van der Waals surface area contributed by atoms with Crippen LogP contribution in [-0.4, -0.2) is 158 Å². The minimum absolute atomic E-state index is 0.0171. The van der Waals surface area contributed by atoms with Gasteiger partial charge in [-0.05, 0) is 87.2 Å². The van der Waals surface area contributed by atoms with Gasteiger partial charge in [-0.3, -0.25) is 38.3 Å². The highest BCUT2D eigenvalue weighted by Crippen LogP contribution is 2.25. The number of aromatic hydroxyl groups is 1. The Labute approximate surface area is 445 Å². The highest BCUT2D eigenvalue weighted by atomic mass is 33.1. The molecule has 15 N–H and O–H groups in total. The molecule has 4 aromatic rings. The number of unbranched alkanes of at least 4 members (excludes halogenated alkanes) is 1. The molecule has 5 rings (SSSR count). The largest absolute Gasteiger partial charge is 0.508 e. The number of H-pyrrole nitrogens is 1. The number of amides is 7. The maximum atomic E-state index is 14.8. The number of phenols is 1. The van der Waals surface area contributed by atoms with Crippen LogP contribution in [-0.2, 0) is 57.6 Å². The third-order valence-corrected chi connectivity index (χ3v) is 15.1. The lowest BCUT2D eigenvalue weighted by Gasteiger charge is -2.29. The van der Waals surface area contributed by atoms with Gasteiger partial charge in [-0.25, -0.2) is 4.79 Å². The molecule has 1 aliphatic heterocycles. The summed E-state index contributed by atoms with van der Waals surface area (Å²) in [5.74, 6) is -8.32. The van der Waals surface area contributed by atoms with Gasteiger partial charge < -0.3 is 68.4 Å². The fraction of sp³-hybridized carbons (Fsp3) is 0.440. The molecule has 2 heterocycles. The van der Waals surface area contributed by atoms with Crippen LogP contribution in [0.25, 0.3) is 10.9 Å². The molecule has 7 amide bonds. The van der Waals surface area contributed by atoms with Crippen LogP contribution in [0.4, 0.5) is 0 Å². The van der Waals surface area contributed by atoms with Gasteiger partial charge in [-0.1, -0.05) is 94.2 Å². The summed E-state index contributed by atoms with van der Waals surface area (Å²) in [5, 5.41) is 60.0. The van der Waals surface area contributed by atoms with Crippen LogP contribution in [0.5, 0.6) is 5.75 Å².